The lowest BCUT2D eigenvalue weighted by atomic mass is 9.76. The molecular formula is C30H35F3N6O7. The zero-order chi connectivity index (χ0) is 34.4. The molecule has 1 N–H and O–H groups in total. The molecule has 16 heteroatoms. The molecule has 0 saturated carbocycles. The summed E-state index contributed by atoms with van der Waals surface area (Å²) < 4.78 is 58.2. The van der Waals surface area contributed by atoms with E-state index in [2.05, 4.69) is 20.3 Å². The van der Waals surface area contributed by atoms with Gasteiger partial charge in [-0.3, -0.25) is 19.5 Å². The van der Waals surface area contributed by atoms with E-state index in [0.29, 0.717) is 4.90 Å². The normalized spacial score (nSPS) is 21.4. The summed E-state index contributed by atoms with van der Waals surface area (Å²) in [5.74, 6) is -3.92. The second-order valence-corrected chi connectivity index (χ2v) is 12.8. The summed E-state index contributed by atoms with van der Waals surface area (Å²) in [6.07, 6.45) is -4.41. The smallest absolute Gasteiger partial charge is 0.427 e. The number of alkyl halides is 2. The molecule has 4 amide bonds. The predicted molar refractivity (Wildman–Crippen MR) is 156 cm³/mol. The summed E-state index contributed by atoms with van der Waals surface area (Å²) in [6.45, 7) is 10.7. The van der Waals surface area contributed by atoms with Gasteiger partial charge < -0.3 is 19.5 Å². The summed E-state index contributed by atoms with van der Waals surface area (Å²) in [5, 5.41) is 2.50. The summed E-state index contributed by atoms with van der Waals surface area (Å²) in [5.41, 5.74) is -5.01. The first-order valence-electron chi connectivity index (χ1n) is 14.2. The Morgan fingerprint density at radius 3 is 2.20 bits per heavy atom. The van der Waals surface area contributed by atoms with Crippen LogP contribution in [0, 0.1) is 11.7 Å². The van der Waals surface area contributed by atoms with Gasteiger partial charge in [0.1, 0.15) is 33.9 Å². The van der Waals surface area contributed by atoms with Gasteiger partial charge in [-0.15, -0.1) is 4.90 Å². The highest BCUT2D eigenvalue weighted by Gasteiger charge is 2.60. The third kappa shape index (κ3) is 6.95. The number of benzene rings is 1. The number of carbonyl (C=O) groups is 4. The van der Waals surface area contributed by atoms with Gasteiger partial charge >= 0.3 is 12.2 Å². The Balaban J connectivity index is 1.83. The Hall–Kier alpha value is -4.60. The van der Waals surface area contributed by atoms with Crippen LogP contribution in [0.4, 0.5) is 28.4 Å². The van der Waals surface area contributed by atoms with Gasteiger partial charge in [0.25, 0.3) is 12.3 Å². The molecule has 0 bridgehead atoms. The van der Waals surface area contributed by atoms with Gasteiger partial charge in [0.15, 0.2) is 0 Å². The number of nitrogens with zero attached hydrogens (tertiary/aromatic N) is 5. The molecule has 46 heavy (non-hydrogen) atoms. The standard InChI is InChI=1S/C30H35F3N6O7/c1-15-21-24(41)38(8)25(39(26(42)45-28(2,3)4)27(43)46-29(5,6)7)37-30(21,14-44-15)17-11-16(9-10-18(17)31)36-23(40)20-13-34-19(12-35-20)22(32)33/h9-13,15,21-22H,14H2,1-8H3,(H,36,40). The predicted octanol–water partition coefficient (Wildman–Crippen LogP) is 5.04. The molecule has 1 fully saturated rings. The summed E-state index contributed by atoms with van der Waals surface area (Å²) in [6, 6.07) is 3.49. The van der Waals surface area contributed by atoms with Crippen molar-refractivity contribution >= 4 is 35.6 Å². The largest absolute Gasteiger partial charge is 0.443 e. The van der Waals surface area contributed by atoms with E-state index in [4.69, 9.17) is 14.2 Å². The van der Waals surface area contributed by atoms with Gasteiger partial charge in [0.2, 0.25) is 11.9 Å². The zero-order valence-corrected chi connectivity index (χ0v) is 26.6. The number of halogens is 3. The Morgan fingerprint density at radius 1 is 1.07 bits per heavy atom. The molecule has 3 heterocycles. The Bertz CT molecular complexity index is 1540. The summed E-state index contributed by atoms with van der Waals surface area (Å²) in [4.78, 5) is 67.0. The van der Waals surface area contributed by atoms with Crippen molar-refractivity contribution in [1.82, 2.24) is 19.8 Å². The van der Waals surface area contributed by atoms with Crippen LogP contribution in [0.1, 0.15) is 76.6 Å². The molecule has 3 atom stereocenters. The van der Waals surface area contributed by atoms with Crippen LogP contribution in [0.25, 0.3) is 0 Å². The average molecular weight is 649 g/mol. The Kier molecular flexibility index (Phi) is 9.17. The summed E-state index contributed by atoms with van der Waals surface area (Å²) in [7, 11) is 1.30. The van der Waals surface area contributed by atoms with Crippen LogP contribution in [0.15, 0.2) is 35.6 Å². The van der Waals surface area contributed by atoms with E-state index in [9.17, 15) is 28.0 Å². The van der Waals surface area contributed by atoms with E-state index in [1.165, 1.54) is 19.2 Å². The SMILES string of the molecule is CC1OCC2(c3cc(NC(=O)c4cnc(C(F)F)cn4)ccc3F)N=C(N(C(=O)OC(C)(C)C)C(=O)OC(C)(C)C)N(C)C(=O)C12. The van der Waals surface area contributed by atoms with Crippen molar-refractivity contribution in [2.24, 2.45) is 10.9 Å². The van der Waals surface area contributed by atoms with E-state index in [0.717, 1.165) is 23.4 Å². The van der Waals surface area contributed by atoms with Crippen molar-refractivity contribution in [2.75, 3.05) is 19.0 Å². The van der Waals surface area contributed by atoms with Crippen molar-refractivity contribution < 1.29 is 46.6 Å². The second kappa shape index (κ2) is 12.3. The second-order valence-electron chi connectivity index (χ2n) is 12.8. The fraction of sp³-hybridized carbons (Fsp3) is 0.500. The first kappa shape index (κ1) is 34.3. The molecule has 13 nitrogen and oxygen atoms in total. The number of guanidine groups is 1. The van der Waals surface area contributed by atoms with Crippen LogP contribution in [0.2, 0.25) is 0 Å². The minimum atomic E-state index is -2.88. The van der Waals surface area contributed by atoms with Crippen LogP contribution >= 0.6 is 0 Å². The highest BCUT2D eigenvalue weighted by Crippen LogP contribution is 2.48. The fourth-order valence-electron chi connectivity index (χ4n) is 4.96. The molecule has 0 aliphatic carbocycles. The van der Waals surface area contributed by atoms with Crippen molar-refractivity contribution in [3.05, 3.63) is 53.4 Å². The molecule has 2 aliphatic heterocycles. The topological polar surface area (TPSA) is 153 Å². The van der Waals surface area contributed by atoms with Crippen LogP contribution in [0.3, 0.4) is 0 Å². The van der Waals surface area contributed by atoms with E-state index < -0.39 is 76.7 Å². The number of hydrogen-bond acceptors (Lipinski definition) is 10. The number of nitrogens with one attached hydrogen (secondary N) is 1. The number of amides is 4. The number of ether oxygens (including phenoxy) is 3. The maximum Gasteiger partial charge on any atom is 0.427 e. The van der Waals surface area contributed by atoms with Crippen LogP contribution in [0.5, 0.6) is 0 Å². The third-order valence-electron chi connectivity index (χ3n) is 6.92. The molecule has 0 spiro atoms. The highest BCUT2D eigenvalue weighted by atomic mass is 19.3. The number of rotatable bonds is 4. The quantitative estimate of drug-likeness (QED) is 0.481. The molecule has 2 aliphatic rings. The number of anilines is 1. The first-order valence-corrected chi connectivity index (χ1v) is 14.2. The van der Waals surface area contributed by atoms with Gasteiger partial charge in [-0.1, -0.05) is 0 Å². The lowest BCUT2D eigenvalue weighted by Gasteiger charge is -2.41. The number of fused-ring (bicyclic) bond motifs is 1. The minimum Gasteiger partial charge on any atom is -0.443 e. The molecule has 2 aromatic rings. The van der Waals surface area contributed by atoms with Gasteiger partial charge in [0.05, 0.1) is 31.0 Å². The number of hydrogen-bond donors (Lipinski definition) is 1. The van der Waals surface area contributed by atoms with E-state index in [1.54, 1.807) is 48.5 Å². The van der Waals surface area contributed by atoms with Crippen LogP contribution in [-0.4, -0.2) is 80.7 Å². The van der Waals surface area contributed by atoms with E-state index in [-0.39, 0.29) is 23.6 Å². The van der Waals surface area contributed by atoms with Crippen molar-refractivity contribution in [2.45, 2.75) is 77.7 Å². The number of aliphatic imine (C=N–C) groups is 1. The van der Waals surface area contributed by atoms with Gasteiger partial charge in [-0.25, -0.2) is 32.7 Å². The monoisotopic (exact) mass is 648 g/mol. The third-order valence-corrected chi connectivity index (χ3v) is 6.92. The molecule has 0 radical (unpaired) electrons. The highest BCUT2D eigenvalue weighted by molar-refractivity contribution is 6.14. The van der Waals surface area contributed by atoms with E-state index in [1.807, 2.05) is 0 Å². The number of imide groups is 1. The Labute approximate surface area is 263 Å². The van der Waals surface area contributed by atoms with Gasteiger partial charge in [-0.2, -0.15) is 0 Å². The average Bonchev–Trinajstić information content (AvgIpc) is 3.27. The summed E-state index contributed by atoms with van der Waals surface area (Å²) >= 11 is 0. The van der Waals surface area contributed by atoms with Gasteiger partial charge in [-0.05, 0) is 66.7 Å². The molecule has 3 unspecified atom stereocenters. The maximum atomic E-state index is 15.8. The number of aromatic nitrogens is 2. The lowest BCUT2D eigenvalue weighted by Crippen LogP contribution is -2.60. The molecule has 4 rings (SSSR count). The molecule has 1 aromatic heterocycles. The Morgan fingerprint density at radius 2 is 1.67 bits per heavy atom. The van der Waals surface area contributed by atoms with Crippen molar-refractivity contribution in [3.8, 4) is 0 Å². The minimum absolute atomic E-state index is 0.0353. The van der Waals surface area contributed by atoms with Crippen molar-refractivity contribution in [3.63, 3.8) is 0 Å². The zero-order valence-electron chi connectivity index (χ0n) is 26.6. The lowest BCUT2D eigenvalue weighted by molar-refractivity contribution is -0.135. The van der Waals surface area contributed by atoms with Crippen LogP contribution < -0.4 is 5.32 Å². The molecule has 1 saturated heterocycles. The van der Waals surface area contributed by atoms with Gasteiger partial charge in [0, 0.05) is 18.3 Å². The van der Waals surface area contributed by atoms with Crippen molar-refractivity contribution in [1.29, 1.82) is 0 Å². The molecular weight excluding hydrogens is 613 g/mol. The maximum absolute atomic E-state index is 15.8. The first-order chi connectivity index (χ1) is 21.2. The van der Waals surface area contributed by atoms with Crippen LogP contribution in [-0.2, 0) is 24.5 Å². The fourth-order valence-corrected chi connectivity index (χ4v) is 4.96. The van der Waals surface area contributed by atoms with E-state index >= 15 is 4.39 Å². The molecule has 248 valence electrons. The molecule has 1 aromatic carbocycles. The number of carbonyl (C=O) groups excluding carboxylic acids is 4.